The molecule has 28 heavy (non-hydrogen) atoms. The van der Waals surface area contributed by atoms with Gasteiger partial charge in [0.05, 0.1) is 0 Å². The van der Waals surface area contributed by atoms with Crippen molar-refractivity contribution < 1.29 is 4.48 Å². The zero-order valence-electron chi connectivity index (χ0n) is 17.6. The van der Waals surface area contributed by atoms with Gasteiger partial charge >= 0.3 is 177 Å². The second kappa shape index (κ2) is 9.84. The number of nitrogens with zero attached hydrogens (tertiary/aromatic N) is 1. The summed E-state index contributed by atoms with van der Waals surface area (Å²) in [6.07, 6.45) is 1.29. The fourth-order valence-electron chi connectivity index (χ4n) is 4.37. The maximum atomic E-state index is 2.41. The summed E-state index contributed by atoms with van der Waals surface area (Å²) in [5.74, 6) is 0. The van der Waals surface area contributed by atoms with E-state index in [9.17, 15) is 0 Å². The molecule has 0 bridgehead atoms. The number of hydrogen-bond donors (Lipinski definition) is 0. The maximum absolute atomic E-state index is 3.23. The predicted molar refractivity (Wildman–Crippen MR) is 126 cm³/mol. The van der Waals surface area contributed by atoms with Crippen LogP contribution >= 0.6 is 0 Å². The fraction of sp³-hybridized carbons (Fsp3) is 0.308. The monoisotopic (exact) mass is 568 g/mol. The van der Waals surface area contributed by atoms with Crippen LogP contribution in [0, 0.1) is 0 Å². The molecule has 0 saturated heterocycles. The average molecular weight is 568 g/mol. The Morgan fingerprint density at radius 2 is 0.964 bits per heavy atom. The van der Waals surface area contributed by atoms with Crippen molar-refractivity contribution in [2.24, 2.45) is 0 Å². The normalized spacial score (nSPS) is 12.1. The van der Waals surface area contributed by atoms with Crippen LogP contribution in [-0.4, -0.2) is 52.3 Å². The Hall–Kier alpha value is -1.46. The molecule has 0 unspecified atom stereocenters. The van der Waals surface area contributed by atoms with Crippen LogP contribution in [0.1, 0.15) is 20.3 Å². The molecule has 0 radical (unpaired) electrons. The molecule has 2 heteroatoms. The Bertz CT molecular complexity index is 729. The zero-order chi connectivity index (χ0) is 19.9. The van der Waals surface area contributed by atoms with E-state index in [0.717, 1.165) is 0 Å². The topological polar surface area (TPSA) is 0 Å². The molecular formula is C26H34NPb+. The summed E-state index contributed by atoms with van der Waals surface area (Å²) in [7, 11) is 2.41. The Morgan fingerprint density at radius 3 is 1.29 bits per heavy atom. The van der Waals surface area contributed by atoms with Crippen molar-refractivity contribution in [2.45, 2.75) is 24.2 Å². The van der Waals surface area contributed by atoms with Crippen LogP contribution in [0.5, 0.6) is 0 Å². The van der Waals surface area contributed by atoms with Crippen LogP contribution in [0.25, 0.3) is 0 Å². The third kappa shape index (κ3) is 4.57. The van der Waals surface area contributed by atoms with Gasteiger partial charge in [0.15, 0.2) is 0 Å². The van der Waals surface area contributed by atoms with Crippen LogP contribution in [0.2, 0.25) is 3.98 Å². The molecule has 0 heterocycles. The minimum absolute atomic E-state index is 1.17. The average Bonchev–Trinajstić information content (AvgIpc) is 2.78. The van der Waals surface area contributed by atoms with E-state index in [4.69, 9.17) is 0 Å². The van der Waals surface area contributed by atoms with Gasteiger partial charge in [0, 0.05) is 0 Å². The number of quaternary nitrogens is 1. The molecule has 0 spiro atoms. The third-order valence-electron chi connectivity index (χ3n) is 6.58. The molecule has 0 aliphatic heterocycles. The van der Waals surface area contributed by atoms with Crippen molar-refractivity contribution in [3.05, 3.63) is 91.0 Å². The van der Waals surface area contributed by atoms with Gasteiger partial charge in [0.1, 0.15) is 0 Å². The molecule has 3 aromatic carbocycles. The summed E-state index contributed by atoms with van der Waals surface area (Å²) in [4.78, 5) is 0. The second-order valence-corrected chi connectivity index (χ2v) is 23.8. The van der Waals surface area contributed by atoms with Gasteiger partial charge in [-0.15, -0.1) is 0 Å². The van der Waals surface area contributed by atoms with Gasteiger partial charge in [-0.25, -0.2) is 0 Å². The molecule has 146 valence electrons. The minimum atomic E-state index is -3.23. The van der Waals surface area contributed by atoms with Crippen molar-refractivity contribution in [2.75, 3.05) is 26.7 Å². The van der Waals surface area contributed by atoms with Gasteiger partial charge in [0.2, 0.25) is 0 Å². The van der Waals surface area contributed by atoms with Crippen molar-refractivity contribution >= 4 is 30.5 Å². The van der Waals surface area contributed by atoms with Crippen molar-refractivity contribution in [1.82, 2.24) is 0 Å². The molecule has 0 amide bonds. The van der Waals surface area contributed by atoms with Crippen molar-refractivity contribution in [3.8, 4) is 0 Å². The molecule has 3 aromatic rings. The molecule has 0 aromatic heterocycles. The molecule has 3 rings (SSSR count). The Kier molecular flexibility index (Phi) is 7.47. The Morgan fingerprint density at radius 1 is 0.607 bits per heavy atom. The van der Waals surface area contributed by atoms with Gasteiger partial charge in [-0.1, -0.05) is 0 Å². The van der Waals surface area contributed by atoms with Gasteiger partial charge in [-0.05, 0) is 0 Å². The van der Waals surface area contributed by atoms with E-state index in [1.54, 1.807) is 9.37 Å². The molecule has 0 fully saturated rings. The Labute approximate surface area is 176 Å². The first-order chi connectivity index (χ1) is 13.6. The number of rotatable bonds is 9. The SMILES string of the molecule is CC[N+](C)(CC)CC[CH2][Pb]([c]1ccccc1)([c]1ccccc1)[c]1ccccc1. The van der Waals surface area contributed by atoms with Crippen LogP contribution in [-0.2, 0) is 0 Å². The predicted octanol–water partition coefficient (Wildman–Crippen LogP) is 4.03. The van der Waals surface area contributed by atoms with E-state index >= 15 is 0 Å². The first-order valence-corrected chi connectivity index (χ1v) is 19.2. The standard InChI is InChI=1S/C8H19N.3C6H5.Pb/c1-5-8-9(4,6-2)7-3;3*1-2-4-6-5-3-1;/h1,5-8H2,2-4H3;3*1-5H;/q+1;;;;. The van der Waals surface area contributed by atoms with E-state index < -0.39 is 21.2 Å². The summed E-state index contributed by atoms with van der Waals surface area (Å²) >= 11 is -3.23. The number of benzene rings is 3. The summed E-state index contributed by atoms with van der Waals surface area (Å²) in [5.41, 5.74) is 0. The van der Waals surface area contributed by atoms with Crippen molar-refractivity contribution in [1.29, 1.82) is 0 Å². The molecule has 0 aliphatic rings. The van der Waals surface area contributed by atoms with Crippen molar-refractivity contribution in [3.63, 3.8) is 0 Å². The summed E-state index contributed by atoms with van der Waals surface area (Å²) in [6.45, 7) is 8.34. The summed E-state index contributed by atoms with van der Waals surface area (Å²) < 4.78 is 7.32. The van der Waals surface area contributed by atoms with Gasteiger partial charge < -0.3 is 0 Å². The fourth-order valence-corrected chi connectivity index (χ4v) is 23.2. The molecule has 1 nitrogen and oxygen atoms in total. The summed E-state index contributed by atoms with van der Waals surface area (Å²) in [6, 6.07) is 34.2. The first kappa shape index (κ1) is 21.3. The zero-order valence-corrected chi connectivity index (χ0v) is 21.5. The molecular weight excluding hydrogens is 533 g/mol. The van der Waals surface area contributed by atoms with Gasteiger partial charge in [0.25, 0.3) is 0 Å². The quantitative estimate of drug-likeness (QED) is 0.271. The molecule has 0 saturated carbocycles. The second-order valence-electron chi connectivity index (χ2n) is 8.08. The van der Waals surface area contributed by atoms with Crippen LogP contribution in [0.3, 0.4) is 0 Å². The van der Waals surface area contributed by atoms with Gasteiger partial charge in [-0.3, -0.25) is 0 Å². The summed E-state index contributed by atoms with van der Waals surface area (Å²) in [5, 5.41) is 0. The first-order valence-electron chi connectivity index (χ1n) is 10.6. The molecule has 0 N–H and O–H groups in total. The van der Waals surface area contributed by atoms with Crippen LogP contribution in [0.4, 0.5) is 0 Å². The van der Waals surface area contributed by atoms with E-state index in [2.05, 4.69) is 112 Å². The molecule has 0 aliphatic carbocycles. The Balaban J connectivity index is 2.09. The van der Waals surface area contributed by atoms with E-state index in [-0.39, 0.29) is 0 Å². The molecule has 0 atom stereocenters. The number of hydrogen-bond acceptors (Lipinski definition) is 0. The van der Waals surface area contributed by atoms with Gasteiger partial charge in [-0.2, -0.15) is 0 Å². The van der Waals surface area contributed by atoms with Crippen LogP contribution < -0.4 is 9.37 Å². The van der Waals surface area contributed by atoms with E-state index in [1.807, 2.05) is 0 Å². The van der Waals surface area contributed by atoms with Crippen LogP contribution in [0.15, 0.2) is 91.0 Å². The van der Waals surface area contributed by atoms with E-state index in [1.165, 1.54) is 34.5 Å². The third-order valence-corrected chi connectivity index (χ3v) is 26.2. The van der Waals surface area contributed by atoms with E-state index in [0.29, 0.717) is 0 Å².